The number of furan rings is 1. The number of nitriles is 2. The van der Waals surface area contributed by atoms with E-state index in [9.17, 15) is 10.5 Å². The summed E-state index contributed by atoms with van der Waals surface area (Å²) in [6, 6.07) is 38.9. The molecular weight excluding hydrogens is 605 g/mol. The molecule has 4 aromatic carbocycles. The largest absolute Gasteiger partial charge is 0.686 e. The quantitative estimate of drug-likeness (QED) is 0.179. The van der Waals surface area contributed by atoms with Gasteiger partial charge in [-0.25, -0.2) is 9.97 Å². The molecule has 0 fully saturated rings. The van der Waals surface area contributed by atoms with Crippen molar-refractivity contribution >= 4 is 49.1 Å². The van der Waals surface area contributed by atoms with Gasteiger partial charge in [0, 0.05) is 45.4 Å². The van der Waals surface area contributed by atoms with Crippen LogP contribution in [0.15, 0.2) is 138 Å². The number of fused-ring (bicyclic) bond motifs is 5. The van der Waals surface area contributed by atoms with Gasteiger partial charge in [-0.3, -0.25) is 4.98 Å². The first-order valence-corrected chi connectivity index (χ1v) is 15.8. The minimum atomic E-state index is 0.374. The SMILES string of the molecule is N#CC1=CC(c2cccc(-c3c4ccccc4c(-c4cccc(-c5cncc(C#N)c5)n4)c4cc5c(cc34)oc3ccccc35)n2)=C[N-]C1. The van der Waals surface area contributed by atoms with E-state index in [2.05, 4.69) is 52.8 Å². The lowest BCUT2D eigenvalue weighted by atomic mass is 9.87. The van der Waals surface area contributed by atoms with Gasteiger partial charge in [-0.1, -0.05) is 61.1 Å². The molecule has 8 aromatic rings. The maximum atomic E-state index is 9.53. The van der Waals surface area contributed by atoms with Crippen molar-refractivity contribution in [2.75, 3.05) is 6.54 Å². The highest BCUT2D eigenvalue weighted by Crippen LogP contribution is 2.46. The predicted molar refractivity (Wildman–Crippen MR) is 193 cm³/mol. The summed E-state index contributed by atoms with van der Waals surface area (Å²) >= 11 is 0. The van der Waals surface area contributed by atoms with E-state index >= 15 is 0 Å². The highest BCUT2D eigenvalue weighted by Gasteiger charge is 2.21. The number of hydrogen-bond donors (Lipinski definition) is 0. The topological polar surface area (TPSA) is 113 Å². The molecule has 0 saturated carbocycles. The Labute approximate surface area is 280 Å². The molecule has 1 aliphatic heterocycles. The van der Waals surface area contributed by atoms with Gasteiger partial charge in [0.2, 0.25) is 0 Å². The number of rotatable bonds is 4. The Morgan fingerprint density at radius 3 is 2.02 bits per heavy atom. The molecule has 9 rings (SSSR count). The maximum Gasteiger partial charge on any atom is 0.136 e. The van der Waals surface area contributed by atoms with E-state index in [-0.39, 0.29) is 0 Å². The first-order valence-electron chi connectivity index (χ1n) is 15.8. The van der Waals surface area contributed by atoms with E-state index < -0.39 is 0 Å². The van der Waals surface area contributed by atoms with Gasteiger partial charge in [0.25, 0.3) is 0 Å². The van der Waals surface area contributed by atoms with E-state index in [0.29, 0.717) is 17.7 Å². The van der Waals surface area contributed by atoms with Crippen molar-refractivity contribution < 1.29 is 4.42 Å². The van der Waals surface area contributed by atoms with Gasteiger partial charge < -0.3 is 9.73 Å². The summed E-state index contributed by atoms with van der Waals surface area (Å²) in [5.41, 5.74) is 9.25. The standard InChI is InChI=1S/C42H23N6O/c43-19-25-15-27(23-45-21-25)35-10-5-12-37(47-35)41-30-8-1-2-9-31(30)42(38-13-6-11-36(48-38)28-16-26(20-44)22-46-24-28)34-18-40-32(17-33(34)41)29-7-3-4-14-39(29)49-40/h1-18,21,23-24H,22H2/q-1. The Balaban J connectivity index is 1.37. The Morgan fingerprint density at radius 1 is 0.592 bits per heavy atom. The van der Waals surface area contributed by atoms with Gasteiger partial charge in [0.1, 0.15) is 17.2 Å². The first-order chi connectivity index (χ1) is 24.2. The van der Waals surface area contributed by atoms with Crippen LogP contribution in [0.25, 0.3) is 88.1 Å². The van der Waals surface area contributed by atoms with Crippen LogP contribution in [0, 0.1) is 22.7 Å². The summed E-state index contributed by atoms with van der Waals surface area (Å²) in [7, 11) is 0. The average molecular weight is 628 g/mol. The Kier molecular flexibility index (Phi) is 6.50. The summed E-state index contributed by atoms with van der Waals surface area (Å²) in [4.78, 5) is 14.6. The zero-order valence-corrected chi connectivity index (χ0v) is 25.9. The van der Waals surface area contributed by atoms with Gasteiger partial charge in [-0.15, -0.1) is 0 Å². The van der Waals surface area contributed by atoms with Crippen LogP contribution < -0.4 is 0 Å². The number of para-hydroxylation sites is 1. The fraction of sp³-hybridized carbons (Fsp3) is 0.0238. The highest BCUT2D eigenvalue weighted by molar-refractivity contribution is 6.24. The number of hydrogen-bond acceptors (Lipinski definition) is 6. The number of benzene rings is 4. The van der Waals surface area contributed by atoms with Crippen LogP contribution >= 0.6 is 0 Å². The van der Waals surface area contributed by atoms with Crippen LogP contribution in [0.3, 0.4) is 0 Å². The third-order valence-electron chi connectivity index (χ3n) is 8.96. The van der Waals surface area contributed by atoms with Gasteiger partial charge in [-0.2, -0.15) is 16.7 Å². The Morgan fingerprint density at radius 2 is 1.27 bits per heavy atom. The van der Waals surface area contributed by atoms with E-state index in [1.165, 1.54) is 0 Å². The Bertz CT molecular complexity index is 2810. The minimum absolute atomic E-state index is 0.374. The second kappa shape index (κ2) is 11.3. The van der Waals surface area contributed by atoms with Gasteiger partial charge in [0.05, 0.1) is 34.4 Å². The van der Waals surface area contributed by atoms with Crippen LogP contribution in [-0.2, 0) is 0 Å². The molecule has 0 atom stereocenters. The van der Waals surface area contributed by atoms with Crippen molar-refractivity contribution in [1.82, 2.24) is 15.0 Å². The van der Waals surface area contributed by atoms with Crippen molar-refractivity contribution in [2.24, 2.45) is 0 Å². The molecule has 0 N–H and O–H groups in total. The lowest BCUT2D eigenvalue weighted by molar-refractivity contribution is 0.669. The van der Waals surface area contributed by atoms with Crippen molar-refractivity contribution in [1.29, 1.82) is 10.5 Å². The number of nitrogens with zero attached hydrogens (tertiary/aromatic N) is 6. The first kappa shape index (κ1) is 28.2. The van der Waals surface area contributed by atoms with Gasteiger partial charge >= 0.3 is 0 Å². The van der Waals surface area contributed by atoms with Crippen LogP contribution in [0.1, 0.15) is 11.3 Å². The highest BCUT2D eigenvalue weighted by atomic mass is 16.3. The molecule has 0 aliphatic carbocycles. The molecule has 7 heteroatoms. The molecule has 49 heavy (non-hydrogen) atoms. The lowest BCUT2D eigenvalue weighted by Gasteiger charge is -2.22. The number of pyridine rings is 3. The number of allylic oxidation sites excluding steroid dienone is 2. The van der Waals surface area contributed by atoms with Crippen molar-refractivity contribution in [3.05, 3.63) is 150 Å². The van der Waals surface area contributed by atoms with Crippen LogP contribution in [-0.4, -0.2) is 21.5 Å². The molecule has 0 bridgehead atoms. The average Bonchev–Trinajstić information content (AvgIpc) is 3.53. The van der Waals surface area contributed by atoms with Crippen LogP contribution in [0.2, 0.25) is 0 Å². The molecule has 0 unspecified atom stereocenters. The summed E-state index contributed by atoms with van der Waals surface area (Å²) in [6.45, 7) is 0.374. The summed E-state index contributed by atoms with van der Waals surface area (Å²) < 4.78 is 6.42. The monoisotopic (exact) mass is 627 g/mol. The van der Waals surface area contributed by atoms with Crippen molar-refractivity contribution in [3.8, 4) is 45.9 Å². The Hall–Kier alpha value is -7.09. The normalized spacial score (nSPS) is 12.8. The molecule has 0 saturated heterocycles. The van der Waals surface area contributed by atoms with Crippen molar-refractivity contribution in [2.45, 2.75) is 0 Å². The summed E-state index contributed by atoms with van der Waals surface area (Å²) in [5.74, 6) is 0. The predicted octanol–water partition coefficient (Wildman–Crippen LogP) is 10.1. The second-order valence-electron chi connectivity index (χ2n) is 11.9. The molecule has 0 spiro atoms. The van der Waals surface area contributed by atoms with Crippen LogP contribution in [0.5, 0.6) is 0 Å². The minimum Gasteiger partial charge on any atom is -0.686 e. The third kappa shape index (κ3) is 4.69. The molecule has 0 amide bonds. The fourth-order valence-electron chi connectivity index (χ4n) is 6.78. The zero-order chi connectivity index (χ0) is 32.9. The molecule has 4 aromatic heterocycles. The van der Waals surface area contributed by atoms with E-state index in [1.54, 1.807) is 18.6 Å². The van der Waals surface area contributed by atoms with Gasteiger partial charge in [0.15, 0.2) is 0 Å². The molecule has 1 aliphatic rings. The maximum absolute atomic E-state index is 9.53. The van der Waals surface area contributed by atoms with Crippen molar-refractivity contribution in [3.63, 3.8) is 0 Å². The molecule has 7 nitrogen and oxygen atoms in total. The van der Waals surface area contributed by atoms with E-state index in [4.69, 9.17) is 14.4 Å². The van der Waals surface area contributed by atoms with E-state index in [0.717, 1.165) is 88.5 Å². The lowest BCUT2D eigenvalue weighted by Crippen LogP contribution is -1.98. The molecule has 228 valence electrons. The molecule has 0 radical (unpaired) electrons. The third-order valence-corrected chi connectivity index (χ3v) is 8.96. The summed E-state index contributed by atoms with van der Waals surface area (Å²) in [6.07, 6.45) is 6.92. The summed E-state index contributed by atoms with van der Waals surface area (Å²) in [5, 5.41) is 29.5. The fourth-order valence-corrected chi connectivity index (χ4v) is 6.78. The smallest absolute Gasteiger partial charge is 0.136 e. The zero-order valence-electron chi connectivity index (χ0n) is 25.9. The molecule has 5 heterocycles. The number of aromatic nitrogens is 3. The van der Waals surface area contributed by atoms with Crippen LogP contribution in [0.4, 0.5) is 0 Å². The van der Waals surface area contributed by atoms with E-state index in [1.807, 2.05) is 78.9 Å². The molecular formula is C42H23N6O-. The van der Waals surface area contributed by atoms with Gasteiger partial charge in [-0.05, 0) is 81.7 Å². The second-order valence-corrected chi connectivity index (χ2v) is 11.9.